The van der Waals surface area contributed by atoms with E-state index in [0.29, 0.717) is 0 Å². The highest BCUT2D eigenvalue weighted by molar-refractivity contribution is 5.64. The van der Waals surface area contributed by atoms with E-state index in [9.17, 15) is 10.1 Å². The van der Waals surface area contributed by atoms with Crippen molar-refractivity contribution in [3.8, 4) is 0 Å². The predicted molar refractivity (Wildman–Crippen MR) is 101 cm³/mol. The minimum Gasteiger partial charge on any atom is -0.396 e. The minimum atomic E-state index is -0.372. The summed E-state index contributed by atoms with van der Waals surface area (Å²) in [5, 5.41) is 19.6. The molecule has 0 aliphatic rings. The van der Waals surface area contributed by atoms with Crippen LogP contribution in [0.5, 0.6) is 0 Å². The molecule has 1 N–H and O–H groups in total. The number of hydrogen-bond donors (Lipinski definition) is 1. The molecule has 0 atom stereocenters. The van der Waals surface area contributed by atoms with Crippen LogP contribution >= 0.6 is 0 Å². The van der Waals surface area contributed by atoms with Crippen molar-refractivity contribution < 1.29 is 10.0 Å². The van der Waals surface area contributed by atoms with Crippen LogP contribution in [0.15, 0.2) is 54.6 Å². The number of nitrogens with zero attached hydrogens (tertiary/aromatic N) is 2. The average Bonchev–Trinajstić information content (AvgIpc) is 2.65. The Bertz CT molecular complexity index is 629. The summed E-state index contributed by atoms with van der Waals surface area (Å²) >= 11 is 0. The van der Waals surface area contributed by atoms with Gasteiger partial charge in [-0.05, 0) is 37.1 Å². The van der Waals surface area contributed by atoms with Gasteiger partial charge in [0, 0.05) is 36.7 Å². The summed E-state index contributed by atoms with van der Waals surface area (Å²) in [5.74, 6) is 0. The number of hydrogen-bond acceptors (Lipinski definition) is 4. The van der Waals surface area contributed by atoms with Crippen LogP contribution in [0.4, 0.5) is 17.1 Å². The van der Waals surface area contributed by atoms with Gasteiger partial charge in [0.1, 0.15) is 0 Å². The summed E-state index contributed by atoms with van der Waals surface area (Å²) in [6.45, 7) is 1.16. The SMILES string of the molecule is O=[N+]([O-])c1ccc(N(CCCCCCCCO)c2ccccc2)cc1. The number of non-ortho nitro benzene ring substituents is 1. The second-order valence-corrected chi connectivity index (χ2v) is 6.11. The fourth-order valence-corrected chi connectivity index (χ4v) is 2.86. The van der Waals surface area contributed by atoms with Crippen molar-refractivity contribution in [2.75, 3.05) is 18.1 Å². The molecule has 0 saturated carbocycles. The van der Waals surface area contributed by atoms with Gasteiger partial charge in [0.05, 0.1) is 4.92 Å². The number of aliphatic hydroxyl groups is 1. The van der Waals surface area contributed by atoms with Crippen LogP contribution in [0.2, 0.25) is 0 Å². The average molecular weight is 342 g/mol. The number of aliphatic hydroxyl groups excluding tert-OH is 1. The van der Waals surface area contributed by atoms with Crippen LogP contribution in [0.25, 0.3) is 0 Å². The molecule has 0 spiro atoms. The van der Waals surface area contributed by atoms with E-state index in [0.717, 1.165) is 50.0 Å². The number of nitro benzene ring substituents is 1. The number of nitro groups is 1. The first kappa shape index (κ1) is 18.9. The predicted octanol–water partition coefficient (Wildman–Crippen LogP) is 5.07. The molecule has 2 aromatic carbocycles. The lowest BCUT2D eigenvalue weighted by Gasteiger charge is -2.25. The van der Waals surface area contributed by atoms with Crippen LogP contribution in [-0.2, 0) is 0 Å². The lowest BCUT2D eigenvalue weighted by Crippen LogP contribution is -2.18. The van der Waals surface area contributed by atoms with Crippen molar-refractivity contribution in [3.63, 3.8) is 0 Å². The van der Waals surface area contributed by atoms with E-state index in [1.165, 1.54) is 6.42 Å². The van der Waals surface area contributed by atoms with Crippen molar-refractivity contribution in [2.24, 2.45) is 0 Å². The van der Waals surface area contributed by atoms with Gasteiger partial charge in [-0.25, -0.2) is 0 Å². The molecule has 0 unspecified atom stereocenters. The van der Waals surface area contributed by atoms with Crippen LogP contribution in [-0.4, -0.2) is 23.2 Å². The zero-order chi connectivity index (χ0) is 17.9. The third-order valence-electron chi connectivity index (χ3n) is 4.23. The normalized spacial score (nSPS) is 10.6. The van der Waals surface area contributed by atoms with Crippen LogP contribution < -0.4 is 4.90 Å². The van der Waals surface area contributed by atoms with Crippen molar-refractivity contribution in [1.82, 2.24) is 0 Å². The topological polar surface area (TPSA) is 66.6 Å². The molecule has 0 aromatic heterocycles. The standard InChI is InChI=1S/C20H26N2O3/c23-17-9-4-2-1-3-8-16-21(18-10-6-5-7-11-18)19-12-14-20(15-13-19)22(24)25/h5-7,10-15,23H,1-4,8-9,16-17H2. The fourth-order valence-electron chi connectivity index (χ4n) is 2.86. The zero-order valence-electron chi connectivity index (χ0n) is 14.5. The Morgan fingerprint density at radius 2 is 1.36 bits per heavy atom. The Kier molecular flexibility index (Phi) is 7.92. The quantitative estimate of drug-likeness (QED) is 0.352. The maximum Gasteiger partial charge on any atom is 0.269 e. The van der Waals surface area contributed by atoms with Crippen LogP contribution in [0.1, 0.15) is 38.5 Å². The Morgan fingerprint density at radius 1 is 0.800 bits per heavy atom. The van der Waals surface area contributed by atoms with Gasteiger partial charge in [0.2, 0.25) is 0 Å². The van der Waals surface area contributed by atoms with E-state index < -0.39 is 0 Å². The molecular weight excluding hydrogens is 316 g/mol. The van der Waals surface area contributed by atoms with Crippen LogP contribution in [0.3, 0.4) is 0 Å². The molecule has 0 radical (unpaired) electrons. The van der Waals surface area contributed by atoms with Crippen molar-refractivity contribution in [2.45, 2.75) is 38.5 Å². The highest BCUT2D eigenvalue weighted by Gasteiger charge is 2.11. The summed E-state index contributed by atoms with van der Waals surface area (Å²) in [6, 6.07) is 16.8. The molecule has 5 heteroatoms. The Hall–Kier alpha value is -2.40. The summed E-state index contributed by atoms with van der Waals surface area (Å²) < 4.78 is 0. The molecular formula is C20H26N2O3. The number of rotatable bonds is 11. The lowest BCUT2D eigenvalue weighted by atomic mass is 10.1. The maximum atomic E-state index is 10.8. The first-order chi connectivity index (χ1) is 12.2. The second kappa shape index (κ2) is 10.5. The van der Waals surface area contributed by atoms with Crippen LogP contribution in [0, 0.1) is 10.1 Å². The summed E-state index contributed by atoms with van der Waals surface area (Å²) in [6.07, 6.45) is 6.50. The number of unbranched alkanes of at least 4 members (excludes halogenated alkanes) is 5. The summed E-state index contributed by atoms with van der Waals surface area (Å²) in [5.41, 5.74) is 2.18. The van der Waals surface area contributed by atoms with Gasteiger partial charge in [0.25, 0.3) is 5.69 Å². The van der Waals surface area contributed by atoms with E-state index in [2.05, 4.69) is 17.0 Å². The smallest absolute Gasteiger partial charge is 0.269 e. The zero-order valence-corrected chi connectivity index (χ0v) is 14.5. The summed E-state index contributed by atoms with van der Waals surface area (Å²) in [7, 11) is 0. The largest absolute Gasteiger partial charge is 0.396 e. The molecule has 134 valence electrons. The molecule has 2 aromatic rings. The highest BCUT2D eigenvalue weighted by Crippen LogP contribution is 2.27. The highest BCUT2D eigenvalue weighted by atomic mass is 16.6. The van der Waals surface area contributed by atoms with Gasteiger partial charge in [-0.1, -0.05) is 43.9 Å². The van der Waals surface area contributed by atoms with Gasteiger partial charge in [0.15, 0.2) is 0 Å². The first-order valence-electron chi connectivity index (χ1n) is 8.90. The summed E-state index contributed by atoms with van der Waals surface area (Å²) in [4.78, 5) is 12.7. The molecule has 0 aliphatic carbocycles. The van der Waals surface area contributed by atoms with Crippen molar-refractivity contribution in [3.05, 3.63) is 64.7 Å². The molecule has 0 fully saturated rings. The molecule has 25 heavy (non-hydrogen) atoms. The number of anilines is 2. The van der Waals surface area contributed by atoms with E-state index in [1.54, 1.807) is 12.1 Å². The monoisotopic (exact) mass is 342 g/mol. The van der Waals surface area contributed by atoms with E-state index in [1.807, 2.05) is 30.3 Å². The molecule has 2 rings (SSSR count). The number of benzene rings is 2. The molecule has 0 amide bonds. The fraction of sp³-hybridized carbons (Fsp3) is 0.400. The van der Waals surface area contributed by atoms with Crippen molar-refractivity contribution in [1.29, 1.82) is 0 Å². The molecule has 5 nitrogen and oxygen atoms in total. The van der Waals surface area contributed by atoms with Gasteiger partial charge >= 0.3 is 0 Å². The third kappa shape index (κ3) is 6.19. The molecule has 0 heterocycles. The van der Waals surface area contributed by atoms with Gasteiger partial charge in [-0.3, -0.25) is 10.1 Å². The third-order valence-corrected chi connectivity index (χ3v) is 4.23. The van der Waals surface area contributed by atoms with Crippen molar-refractivity contribution >= 4 is 17.1 Å². The molecule has 0 aliphatic heterocycles. The Morgan fingerprint density at radius 3 is 1.96 bits per heavy atom. The van der Waals surface area contributed by atoms with E-state index >= 15 is 0 Å². The van der Waals surface area contributed by atoms with Gasteiger partial charge in [-0.2, -0.15) is 0 Å². The Balaban J connectivity index is 1.98. The maximum absolute atomic E-state index is 10.8. The van der Waals surface area contributed by atoms with Gasteiger partial charge in [-0.15, -0.1) is 0 Å². The Labute approximate surface area is 149 Å². The molecule has 0 bridgehead atoms. The first-order valence-corrected chi connectivity index (χ1v) is 8.90. The molecule has 0 saturated heterocycles. The minimum absolute atomic E-state index is 0.112. The second-order valence-electron chi connectivity index (χ2n) is 6.11. The lowest BCUT2D eigenvalue weighted by molar-refractivity contribution is -0.384. The van der Waals surface area contributed by atoms with E-state index in [4.69, 9.17) is 5.11 Å². The van der Waals surface area contributed by atoms with E-state index in [-0.39, 0.29) is 17.2 Å². The van der Waals surface area contributed by atoms with Gasteiger partial charge < -0.3 is 10.0 Å². The number of para-hydroxylation sites is 1.